The van der Waals surface area contributed by atoms with Crippen molar-refractivity contribution in [2.45, 2.75) is 0 Å². The summed E-state index contributed by atoms with van der Waals surface area (Å²) in [7, 11) is 0. The molecular weight excluding hydrogens is 176 g/mol. The standard InChI is InChI=1S/C8H5F2N3/c9-5-1-4-3-12-8(11)13-7(4)2-6(5)10/h1-3H,(H2,11,12,13). The lowest BCUT2D eigenvalue weighted by Gasteiger charge is -1.98. The maximum Gasteiger partial charge on any atom is 0.220 e. The van der Waals surface area contributed by atoms with Crippen LogP contribution in [0.1, 0.15) is 0 Å². The van der Waals surface area contributed by atoms with Crippen molar-refractivity contribution in [3.63, 3.8) is 0 Å². The Bertz CT molecular complexity index is 470. The van der Waals surface area contributed by atoms with E-state index in [1.165, 1.54) is 6.20 Å². The highest BCUT2D eigenvalue weighted by Gasteiger charge is 2.04. The molecule has 0 saturated carbocycles. The molecule has 13 heavy (non-hydrogen) atoms. The normalized spacial score (nSPS) is 10.6. The predicted octanol–water partition coefficient (Wildman–Crippen LogP) is 1.49. The minimum absolute atomic E-state index is 0.0403. The van der Waals surface area contributed by atoms with E-state index in [4.69, 9.17) is 5.73 Å². The first-order chi connectivity index (χ1) is 6.16. The van der Waals surface area contributed by atoms with Gasteiger partial charge in [0.25, 0.3) is 0 Å². The third kappa shape index (κ3) is 1.28. The van der Waals surface area contributed by atoms with E-state index in [0.717, 1.165) is 12.1 Å². The zero-order valence-corrected chi connectivity index (χ0v) is 6.46. The number of nitrogen functional groups attached to an aromatic ring is 1. The Morgan fingerprint density at radius 3 is 2.62 bits per heavy atom. The molecule has 0 radical (unpaired) electrons. The van der Waals surface area contributed by atoms with Gasteiger partial charge in [-0.1, -0.05) is 0 Å². The fraction of sp³-hybridized carbons (Fsp3) is 0. The summed E-state index contributed by atoms with van der Waals surface area (Å²) in [5, 5.41) is 0.424. The summed E-state index contributed by atoms with van der Waals surface area (Å²) in [6.07, 6.45) is 1.35. The number of aromatic nitrogens is 2. The largest absolute Gasteiger partial charge is 0.368 e. The van der Waals surface area contributed by atoms with Crippen LogP contribution in [0.25, 0.3) is 10.9 Å². The molecule has 5 heteroatoms. The second-order valence-electron chi connectivity index (χ2n) is 2.55. The Morgan fingerprint density at radius 2 is 1.85 bits per heavy atom. The third-order valence-electron chi connectivity index (χ3n) is 1.64. The number of benzene rings is 1. The summed E-state index contributed by atoms with van der Waals surface area (Å²) in [4.78, 5) is 7.39. The first-order valence-electron chi connectivity index (χ1n) is 3.54. The lowest BCUT2D eigenvalue weighted by atomic mass is 10.2. The smallest absolute Gasteiger partial charge is 0.220 e. The summed E-state index contributed by atoms with van der Waals surface area (Å²) in [6.45, 7) is 0. The highest BCUT2D eigenvalue weighted by Crippen LogP contribution is 2.15. The van der Waals surface area contributed by atoms with Gasteiger partial charge >= 0.3 is 0 Å². The van der Waals surface area contributed by atoms with Crippen molar-refractivity contribution in [2.75, 3.05) is 5.73 Å². The quantitative estimate of drug-likeness (QED) is 0.669. The first kappa shape index (κ1) is 7.85. The van der Waals surface area contributed by atoms with Crippen LogP contribution in [0.4, 0.5) is 14.7 Å². The van der Waals surface area contributed by atoms with Crippen molar-refractivity contribution in [1.29, 1.82) is 0 Å². The number of hydrogen-bond acceptors (Lipinski definition) is 3. The molecule has 0 amide bonds. The molecule has 1 aromatic carbocycles. The van der Waals surface area contributed by atoms with Crippen LogP contribution in [0.5, 0.6) is 0 Å². The van der Waals surface area contributed by atoms with Gasteiger partial charge in [-0.15, -0.1) is 0 Å². The Hall–Kier alpha value is -1.78. The molecule has 1 aromatic heterocycles. The lowest BCUT2D eigenvalue weighted by molar-refractivity contribution is 0.510. The molecule has 0 atom stereocenters. The molecular formula is C8H5F2N3. The van der Waals surface area contributed by atoms with Crippen molar-refractivity contribution in [1.82, 2.24) is 9.97 Å². The molecule has 0 aliphatic heterocycles. The first-order valence-corrected chi connectivity index (χ1v) is 3.54. The minimum atomic E-state index is -0.939. The van der Waals surface area contributed by atoms with E-state index in [9.17, 15) is 8.78 Å². The number of anilines is 1. The summed E-state index contributed by atoms with van der Waals surface area (Å²) >= 11 is 0. The van der Waals surface area contributed by atoms with Crippen molar-refractivity contribution < 1.29 is 8.78 Å². The second kappa shape index (κ2) is 2.62. The molecule has 1 heterocycles. The van der Waals surface area contributed by atoms with E-state index in [-0.39, 0.29) is 5.95 Å². The molecule has 0 bridgehead atoms. The maximum absolute atomic E-state index is 12.7. The number of nitrogens with two attached hydrogens (primary N) is 1. The molecule has 0 aliphatic carbocycles. The van der Waals surface area contributed by atoms with E-state index in [1.54, 1.807) is 0 Å². The number of halogens is 2. The van der Waals surface area contributed by atoms with Gasteiger partial charge < -0.3 is 5.73 Å². The van der Waals surface area contributed by atoms with E-state index in [2.05, 4.69) is 9.97 Å². The molecule has 0 aliphatic rings. The SMILES string of the molecule is Nc1ncc2cc(F)c(F)cc2n1. The van der Waals surface area contributed by atoms with E-state index in [0.29, 0.717) is 10.9 Å². The number of rotatable bonds is 0. The van der Waals surface area contributed by atoms with E-state index in [1.807, 2.05) is 0 Å². The molecule has 0 fully saturated rings. The fourth-order valence-corrected chi connectivity index (χ4v) is 1.04. The van der Waals surface area contributed by atoms with Gasteiger partial charge in [0, 0.05) is 17.6 Å². The number of fused-ring (bicyclic) bond motifs is 1. The summed E-state index contributed by atoms with van der Waals surface area (Å²) in [5.41, 5.74) is 5.57. The highest BCUT2D eigenvalue weighted by atomic mass is 19.2. The Morgan fingerprint density at radius 1 is 1.15 bits per heavy atom. The zero-order valence-electron chi connectivity index (χ0n) is 6.46. The lowest BCUT2D eigenvalue weighted by Crippen LogP contribution is -1.95. The van der Waals surface area contributed by atoms with Gasteiger partial charge in [0.15, 0.2) is 11.6 Å². The minimum Gasteiger partial charge on any atom is -0.368 e. The van der Waals surface area contributed by atoms with Gasteiger partial charge in [-0.3, -0.25) is 0 Å². The second-order valence-corrected chi connectivity index (χ2v) is 2.55. The maximum atomic E-state index is 12.7. The van der Waals surface area contributed by atoms with Crippen LogP contribution >= 0.6 is 0 Å². The van der Waals surface area contributed by atoms with Gasteiger partial charge in [-0.25, -0.2) is 18.7 Å². The van der Waals surface area contributed by atoms with Crippen molar-refractivity contribution in [3.8, 4) is 0 Å². The van der Waals surface area contributed by atoms with Crippen LogP contribution in [-0.2, 0) is 0 Å². The highest BCUT2D eigenvalue weighted by molar-refractivity contribution is 5.78. The molecule has 3 nitrogen and oxygen atoms in total. The van der Waals surface area contributed by atoms with Crippen LogP contribution in [0, 0.1) is 11.6 Å². The van der Waals surface area contributed by atoms with Crippen LogP contribution in [0.3, 0.4) is 0 Å². The Kier molecular flexibility index (Phi) is 1.58. The van der Waals surface area contributed by atoms with Crippen molar-refractivity contribution in [2.24, 2.45) is 0 Å². The predicted molar refractivity (Wildman–Crippen MR) is 43.9 cm³/mol. The molecule has 2 rings (SSSR count). The molecule has 66 valence electrons. The Balaban J connectivity index is 2.81. The van der Waals surface area contributed by atoms with E-state index >= 15 is 0 Å². The topological polar surface area (TPSA) is 51.8 Å². The summed E-state index contributed by atoms with van der Waals surface area (Å²) in [5.74, 6) is -1.81. The molecule has 2 aromatic rings. The van der Waals surface area contributed by atoms with Gasteiger partial charge in [0.2, 0.25) is 5.95 Å². The average Bonchev–Trinajstić information content (AvgIpc) is 2.08. The van der Waals surface area contributed by atoms with Crippen molar-refractivity contribution >= 4 is 16.9 Å². The third-order valence-corrected chi connectivity index (χ3v) is 1.64. The van der Waals surface area contributed by atoms with Crippen LogP contribution < -0.4 is 5.73 Å². The molecule has 0 unspecified atom stereocenters. The van der Waals surface area contributed by atoms with Crippen LogP contribution in [-0.4, -0.2) is 9.97 Å². The Labute approximate surface area is 72.2 Å². The summed E-state index contributed by atoms with van der Waals surface area (Å²) < 4.78 is 25.4. The van der Waals surface area contributed by atoms with Crippen molar-refractivity contribution in [3.05, 3.63) is 30.0 Å². The van der Waals surface area contributed by atoms with Crippen LogP contribution in [0.2, 0.25) is 0 Å². The number of hydrogen-bond donors (Lipinski definition) is 1. The fourth-order valence-electron chi connectivity index (χ4n) is 1.04. The monoisotopic (exact) mass is 181 g/mol. The van der Waals surface area contributed by atoms with Gasteiger partial charge in [-0.2, -0.15) is 0 Å². The molecule has 0 saturated heterocycles. The summed E-state index contributed by atoms with van der Waals surface area (Å²) in [6, 6.07) is 2.02. The van der Waals surface area contributed by atoms with Crippen LogP contribution in [0.15, 0.2) is 18.3 Å². The van der Waals surface area contributed by atoms with E-state index < -0.39 is 11.6 Å². The van der Waals surface area contributed by atoms with Gasteiger partial charge in [-0.05, 0) is 6.07 Å². The molecule has 0 spiro atoms. The molecule has 2 N–H and O–H groups in total. The van der Waals surface area contributed by atoms with Gasteiger partial charge in [0.05, 0.1) is 5.52 Å². The number of nitrogens with zero attached hydrogens (tertiary/aromatic N) is 2. The zero-order chi connectivity index (χ0) is 9.42. The average molecular weight is 181 g/mol. The van der Waals surface area contributed by atoms with Gasteiger partial charge in [0.1, 0.15) is 0 Å².